The van der Waals surface area contributed by atoms with Crippen LogP contribution in [0, 0.1) is 11.7 Å². The number of aromatic nitrogens is 2. The highest BCUT2D eigenvalue weighted by molar-refractivity contribution is 5.85. The van der Waals surface area contributed by atoms with Crippen LogP contribution < -0.4 is 15.0 Å². The van der Waals surface area contributed by atoms with Gasteiger partial charge in [0, 0.05) is 31.5 Å². The summed E-state index contributed by atoms with van der Waals surface area (Å²) in [7, 11) is 0. The third kappa shape index (κ3) is 9.28. The van der Waals surface area contributed by atoms with Crippen LogP contribution in [0.25, 0.3) is 0 Å². The van der Waals surface area contributed by atoms with Gasteiger partial charge in [-0.2, -0.15) is 0 Å². The van der Waals surface area contributed by atoms with Crippen LogP contribution in [0.5, 0.6) is 5.75 Å². The molecule has 0 atom stereocenters. The van der Waals surface area contributed by atoms with Crippen molar-refractivity contribution in [3.63, 3.8) is 0 Å². The van der Waals surface area contributed by atoms with E-state index in [4.69, 9.17) is 9.47 Å². The average Bonchev–Trinajstić information content (AvgIpc) is 2.83. The molecule has 1 aromatic heterocycles. The van der Waals surface area contributed by atoms with Gasteiger partial charge < -0.3 is 14.4 Å². The van der Waals surface area contributed by atoms with Crippen LogP contribution >= 0.6 is 0 Å². The van der Waals surface area contributed by atoms with Gasteiger partial charge in [-0.1, -0.05) is 19.8 Å². The van der Waals surface area contributed by atoms with Gasteiger partial charge in [0.15, 0.2) is 5.82 Å². The minimum Gasteiger partial charge on any atom is -0.493 e. The molecule has 2 heterocycles. The standard InChI is InChI=1S/C28H41FN4O3/c1-5-6-7-9-22-19-30-26(31-20-22)33-15-13-21(14-16-33)10-8-17-35-23-11-12-25(24(29)18-23)32-27(34)36-28(2,3)4/h11-12,18-21H,5-10,13-17H2,1-4H3,(H,32,34). The highest BCUT2D eigenvalue weighted by atomic mass is 19.1. The molecule has 7 nitrogen and oxygen atoms in total. The molecular weight excluding hydrogens is 459 g/mol. The molecule has 0 unspecified atom stereocenters. The number of nitrogens with one attached hydrogen (secondary N) is 1. The number of rotatable bonds is 11. The lowest BCUT2D eigenvalue weighted by molar-refractivity contribution is 0.0635. The first-order valence-electron chi connectivity index (χ1n) is 13.2. The van der Waals surface area contributed by atoms with E-state index >= 15 is 0 Å². The molecule has 0 spiro atoms. The van der Waals surface area contributed by atoms with E-state index in [9.17, 15) is 9.18 Å². The van der Waals surface area contributed by atoms with Gasteiger partial charge in [-0.3, -0.25) is 5.32 Å². The third-order valence-electron chi connectivity index (χ3n) is 6.26. The molecular formula is C28H41FN4O3. The zero-order valence-electron chi connectivity index (χ0n) is 22.2. The molecule has 1 aromatic carbocycles. The summed E-state index contributed by atoms with van der Waals surface area (Å²) in [6, 6.07) is 4.44. The molecule has 1 saturated heterocycles. The third-order valence-corrected chi connectivity index (χ3v) is 6.26. The van der Waals surface area contributed by atoms with E-state index in [1.54, 1.807) is 26.8 Å². The van der Waals surface area contributed by atoms with Crippen molar-refractivity contribution in [3.05, 3.63) is 42.0 Å². The Bertz CT molecular complexity index is 954. The molecule has 1 aliphatic rings. The lowest BCUT2D eigenvalue weighted by atomic mass is 9.92. The van der Waals surface area contributed by atoms with E-state index in [1.807, 2.05) is 12.4 Å². The van der Waals surface area contributed by atoms with E-state index in [0.29, 0.717) is 18.3 Å². The minimum absolute atomic E-state index is 0.0680. The van der Waals surface area contributed by atoms with Gasteiger partial charge in [-0.05, 0) is 82.9 Å². The summed E-state index contributed by atoms with van der Waals surface area (Å²) in [6.45, 7) is 9.95. The van der Waals surface area contributed by atoms with Crippen molar-refractivity contribution in [1.29, 1.82) is 0 Å². The second-order valence-electron chi connectivity index (χ2n) is 10.5. The monoisotopic (exact) mass is 500 g/mol. The number of ether oxygens (including phenoxy) is 2. The molecule has 0 radical (unpaired) electrons. The molecule has 8 heteroatoms. The fourth-order valence-corrected chi connectivity index (χ4v) is 4.30. The lowest BCUT2D eigenvalue weighted by Gasteiger charge is -2.32. The summed E-state index contributed by atoms with van der Waals surface area (Å²) in [5.74, 6) is 1.38. The number of amides is 1. The van der Waals surface area contributed by atoms with E-state index in [-0.39, 0.29) is 5.69 Å². The van der Waals surface area contributed by atoms with Gasteiger partial charge in [0.05, 0.1) is 12.3 Å². The summed E-state index contributed by atoms with van der Waals surface area (Å²) in [5, 5.41) is 2.43. The Kier molecular flexibility index (Phi) is 10.3. The Morgan fingerprint density at radius 1 is 1.14 bits per heavy atom. The van der Waals surface area contributed by atoms with Crippen molar-refractivity contribution in [2.75, 3.05) is 29.9 Å². The Balaban J connectivity index is 1.34. The summed E-state index contributed by atoms with van der Waals surface area (Å²) < 4.78 is 25.2. The normalized spacial score (nSPS) is 14.5. The van der Waals surface area contributed by atoms with Crippen molar-refractivity contribution < 1.29 is 18.7 Å². The van der Waals surface area contributed by atoms with Crippen LogP contribution in [-0.4, -0.2) is 41.4 Å². The molecule has 1 N–H and O–H groups in total. The average molecular weight is 501 g/mol. The van der Waals surface area contributed by atoms with Crippen molar-refractivity contribution in [1.82, 2.24) is 9.97 Å². The zero-order chi connectivity index (χ0) is 26.0. The lowest BCUT2D eigenvalue weighted by Crippen LogP contribution is -2.35. The van der Waals surface area contributed by atoms with Gasteiger partial charge in [-0.15, -0.1) is 0 Å². The number of hydrogen-bond donors (Lipinski definition) is 1. The Morgan fingerprint density at radius 2 is 1.86 bits per heavy atom. The number of nitrogens with zero attached hydrogens (tertiary/aromatic N) is 3. The van der Waals surface area contributed by atoms with E-state index in [2.05, 4.69) is 27.1 Å². The molecule has 0 aliphatic carbocycles. The maximum atomic E-state index is 14.3. The second kappa shape index (κ2) is 13.4. The number of carbonyl (C=O) groups is 1. The van der Waals surface area contributed by atoms with E-state index in [0.717, 1.165) is 51.1 Å². The first kappa shape index (κ1) is 27.7. The van der Waals surface area contributed by atoms with Gasteiger partial charge in [-0.25, -0.2) is 19.2 Å². The maximum absolute atomic E-state index is 14.3. The van der Waals surface area contributed by atoms with Crippen LogP contribution in [0.15, 0.2) is 30.6 Å². The van der Waals surface area contributed by atoms with Crippen LogP contribution in [0.1, 0.15) is 78.2 Å². The molecule has 1 fully saturated rings. The summed E-state index contributed by atoms with van der Waals surface area (Å²) >= 11 is 0. The van der Waals surface area contributed by atoms with Crippen LogP contribution in [-0.2, 0) is 11.2 Å². The van der Waals surface area contributed by atoms with Gasteiger partial charge in [0.2, 0.25) is 5.95 Å². The van der Waals surface area contributed by atoms with Crippen LogP contribution in [0.2, 0.25) is 0 Å². The van der Waals surface area contributed by atoms with Crippen molar-refractivity contribution >= 4 is 17.7 Å². The smallest absolute Gasteiger partial charge is 0.412 e. The maximum Gasteiger partial charge on any atom is 0.412 e. The van der Waals surface area contributed by atoms with E-state index < -0.39 is 17.5 Å². The van der Waals surface area contributed by atoms with Crippen molar-refractivity contribution in [2.24, 2.45) is 5.92 Å². The largest absolute Gasteiger partial charge is 0.493 e. The van der Waals surface area contributed by atoms with Gasteiger partial charge in [0.25, 0.3) is 0 Å². The fraction of sp³-hybridized carbons (Fsp3) is 0.607. The Labute approximate surface area is 214 Å². The predicted molar refractivity (Wildman–Crippen MR) is 141 cm³/mol. The highest BCUT2D eigenvalue weighted by Crippen LogP contribution is 2.25. The Hall–Kier alpha value is -2.90. The van der Waals surface area contributed by atoms with E-state index in [1.165, 1.54) is 37.0 Å². The number of carbonyl (C=O) groups excluding carboxylic acids is 1. The summed E-state index contributed by atoms with van der Waals surface area (Å²) in [4.78, 5) is 23.3. The number of benzene rings is 1. The first-order valence-corrected chi connectivity index (χ1v) is 13.2. The molecule has 0 saturated carbocycles. The van der Waals surface area contributed by atoms with Gasteiger partial charge >= 0.3 is 6.09 Å². The molecule has 3 rings (SSSR count). The molecule has 36 heavy (non-hydrogen) atoms. The summed E-state index contributed by atoms with van der Waals surface area (Å²) in [5.41, 5.74) is 0.641. The number of hydrogen-bond acceptors (Lipinski definition) is 6. The first-order chi connectivity index (χ1) is 17.2. The second-order valence-corrected chi connectivity index (χ2v) is 10.5. The number of unbranched alkanes of at least 4 members (excludes halogenated alkanes) is 2. The zero-order valence-corrected chi connectivity index (χ0v) is 22.2. The molecule has 2 aromatic rings. The topological polar surface area (TPSA) is 76.6 Å². The van der Waals surface area contributed by atoms with Crippen molar-refractivity contribution in [3.8, 4) is 5.75 Å². The molecule has 1 aliphatic heterocycles. The number of halogens is 1. The molecule has 198 valence electrons. The van der Waals surface area contributed by atoms with Crippen LogP contribution in [0.4, 0.5) is 20.8 Å². The number of piperidine rings is 1. The van der Waals surface area contributed by atoms with Gasteiger partial charge in [0.1, 0.15) is 11.4 Å². The SMILES string of the molecule is CCCCCc1cnc(N2CCC(CCCOc3ccc(NC(=O)OC(C)(C)C)c(F)c3)CC2)nc1. The number of anilines is 2. The molecule has 0 bridgehead atoms. The summed E-state index contributed by atoms with van der Waals surface area (Å²) in [6.07, 6.45) is 12.2. The van der Waals surface area contributed by atoms with Crippen LogP contribution in [0.3, 0.4) is 0 Å². The molecule has 1 amide bonds. The predicted octanol–water partition coefficient (Wildman–Crippen LogP) is 6.77. The Morgan fingerprint density at radius 3 is 2.50 bits per heavy atom. The highest BCUT2D eigenvalue weighted by Gasteiger charge is 2.21. The fourth-order valence-electron chi connectivity index (χ4n) is 4.30. The quantitative estimate of drug-likeness (QED) is 0.343. The van der Waals surface area contributed by atoms with Crippen molar-refractivity contribution in [2.45, 2.75) is 84.7 Å². The number of aryl methyl sites for hydroxylation is 1. The minimum atomic E-state index is -0.688.